The van der Waals surface area contributed by atoms with E-state index in [9.17, 15) is 18.0 Å². The number of hydrogen-bond acceptors (Lipinski definition) is 5. The van der Waals surface area contributed by atoms with E-state index in [4.69, 9.17) is 26.6 Å². The van der Waals surface area contributed by atoms with E-state index in [2.05, 4.69) is 15.4 Å². The number of rotatable bonds is 4. The number of nitrogens with zero attached hydrogens (tertiary/aromatic N) is 3. The van der Waals surface area contributed by atoms with Gasteiger partial charge in [0.1, 0.15) is 0 Å². The zero-order valence-corrected chi connectivity index (χ0v) is 15.9. The summed E-state index contributed by atoms with van der Waals surface area (Å²) in [6, 6.07) is 15.3. The Balaban J connectivity index is 0.000000396. The number of hydrogen-bond donors (Lipinski definition) is 3. The second-order valence-corrected chi connectivity index (χ2v) is 6.15. The normalized spacial score (nSPS) is 10.7. The largest absolute Gasteiger partial charge is 0.490 e. The Labute approximate surface area is 172 Å². The van der Waals surface area contributed by atoms with Crippen LogP contribution >= 0.6 is 11.6 Å². The summed E-state index contributed by atoms with van der Waals surface area (Å²) in [7, 11) is 1.74. The van der Waals surface area contributed by atoms with E-state index in [1.165, 1.54) is 0 Å². The molecule has 3 rings (SSSR count). The SMILES string of the molecule is CN(c1ccc(-c2ccc(Cl)cc2)cc1)c1n[nH]nc1C(=O)O.O=C(O)C(F)(F)F. The molecular formula is C18H14ClF3N4O4. The van der Waals surface area contributed by atoms with Crippen molar-refractivity contribution in [1.29, 1.82) is 0 Å². The molecule has 0 amide bonds. The van der Waals surface area contributed by atoms with Crippen LogP contribution in [-0.4, -0.2) is 50.8 Å². The van der Waals surface area contributed by atoms with Gasteiger partial charge in [0.25, 0.3) is 0 Å². The number of alkyl halides is 3. The maximum absolute atomic E-state index is 11.1. The van der Waals surface area contributed by atoms with Crippen molar-refractivity contribution < 1.29 is 33.0 Å². The lowest BCUT2D eigenvalue weighted by atomic mass is 10.1. The highest BCUT2D eigenvalue weighted by atomic mass is 35.5. The Morgan fingerprint density at radius 1 is 0.967 bits per heavy atom. The predicted octanol–water partition coefficient (Wildman–Crippen LogP) is 4.22. The van der Waals surface area contributed by atoms with E-state index < -0.39 is 18.1 Å². The third-order valence-corrected chi connectivity index (χ3v) is 3.98. The van der Waals surface area contributed by atoms with Crippen LogP contribution in [0.3, 0.4) is 0 Å². The van der Waals surface area contributed by atoms with E-state index in [1.807, 2.05) is 48.5 Å². The summed E-state index contributed by atoms with van der Waals surface area (Å²) in [5.74, 6) is -3.62. The molecule has 12 heteroatoms. The van der Waals surface area contributed by atoms with Crippen molar-refractivity contribution in [2.24, 2.45) is 0 Å². The molecule has 0 bridgehead atoms. The monoisotopic (exact) mass is 442 g/mol. The van der Waals surface area contributed by atoms with Gasteiger partial charge in [-0.25, -0.2) is 9.59 Å². The molecule has 30 heavy (non-hydrogen) atoms. The molecule has 8 nitrogen and oxygen atoms in total. The van der Waals surface area contributed by atoms with Crippen LogP contribution in [0.4, 0.5) is 24.7 Å². The molecule has 0 saturated carbocycles. The average molecular weight is 443 g/mol. The molecule has 0 aliphatic carbocycles. The minimum Gasteiger partial charge on any atom is -0.476 e. The van der Waals surface area contributed by atoms with Crippen molar-refractivity contribution in [2.75, 3.05) is 11.9 Å². The van der Waals surface area contributed by atoms with Crippen LogP contribution in [0, 0.1) is 0 Å². The number of H-pyrrole nitrogens is 1. The lowest BCUT2D eigenvalue weighted by Gasteiger charge is -2.17. The molecule has 3 N–H and O–H groups in total. The molecule has 0 aliphatic heterocycles. The van der Waals surface area contributed by atoms with Gasteiger partial charge in [-0.1, -0.05) is 35.9 Å². The number of carbonyl (C=O) groups is 2. The highest BCUT2D eigenvalue weighted by Crippen LogP contribution is 2.27. The number of aromatic amines is 1. The molecule has 0 fully saturated rings. The number of nitrogens with one attached hydrogen (secondary N) is 1. The first-order valence-electron chi connectivity index (χ1n) is 8.04. The fourth-order valence-electron chi connectivity index (χ4n) is 2.24. The van der Waals surface area contributed by atoms with Crippen LogP contribution in [0.2, 0.25) is 5.02 Å². The first kappa shape index (κ1) is 22.7. The van der Waals surface area contributed by atoms with Gasteiger partial charge in [0.15, 0.2) is 5.82 Å². The molecular weight excluding hydrogens is 429 g/mol. The molecule has 0 saturated heterocycles. The molecule has 1 heterocycles. The van der Waals surface area contributed by atoms with Crippen LogP contribution in [0.25, 0.3) is 11.1 Å². The summed E-state index contributed by atoms with van der Waals surface area (Å²) in [5, 5.41) is 26.8. The molecule has 1 aromatic heterocycles. The van der Waals surface area contributed by atoms with Crippen molar-refractivity contribution in [1.82, 2.24) is 15.4 Å². The quantitative estimate of drug-likeness (QED) is 0.553. The Bertz CT molecular complexity index is 1020. The highest BCUT2D eigenvalue weighted by Gasteiger charge is 2.38. The van der Waals surface area contributed by atoms with Crippen LogP contribution in [-0.2, 0) is 4.79 Å². The zero-order valence-electron chi connectivity index (χ0n) is 15.2. The number of aromatic carboxylic acids is 1. The molecule has 0 spiro atoms. The van der Waals surface area contributed by atoms with Gasteiger partial charge in [-0.2, -0.15) is 18.4 Å². The van der Waals surface area contributed by atoms with Gasteiger partial charge in [0.2, 0.25) is 5.69 Å². The first-order valence-corrected chi connectivity index (χ1v) is 8.42. The zero-order chi connectivity index (χ0) is 22.5. The first-order chi connectivity index (χ1) is 14.0. The number of carboxylic acid groups (broad SMARTS) is 2. The van der Waals surface area contributed by atoms with Gasteiger partial charge in [-0.3, -0.25) is 0 Å². The van der Waals surface area contributed by atoms with E-state index in [0.29, 0.717) is 5.02 Å². The van der Waals surface area contributed by atoms with Crippen LogP contribution in [0.15, 0.2) is 48.5 Å². The topological polar surface area (TPSA) is 119 Å². The maximum atomic E-state index is 11.1. The molecule has 0 aliphatic rings. The summed E-state index contributed by atoms with van der Waals surface area (Å²) in [4.78, 5) is 21.7. The number of aromatic nitrogens is 3. The van der Waals surface area contributed by atoms with E-state index in [0.717, 1.165) is 16.8 Å². The van der Waals surface area contributed by atoms with Crippen LogP contribution < -0.4 is 4.90 Å². The molecule has 0 radical (unpaired) electrons. The van der Waals surface area contributed by atoms with Gasteiger partial charge in [-0.15, -0.1) is 10.2 Å². The number of halogens is 4. The summed E-state index contributed by atoms with van der Waals surface area (Å²) < 4.78 is 31.7. The Morgan fingerprint density at radius 3 is 1.87 bits per heavy atom. The van der Waals surface area contributed by atoms with Crippen molar-refractivity contribution >= 4 is 35.0 Å². The number of benzene rings is 2. The molecule has 0 atom stereocenters. The molecule has 2 aromatic carbocycles. The fourth-order valence-corrected chi connectivity index (χ4v) is 2.37. The van der Waals surface area contributed by atoms with Gasteiger partial charge < -0.3 is 15.1 Å². The summed E-state index contributed by atoms with van der Waals surface area (Å²) >= 11 is 5.89. The minimum absolute atomic E-state index is 0.116. The summed E-state index contributed by atoms with van der Waals surface area (Å²) in [6.45, 7) is 0. The van der Waals surface area contributed by atoms with Crippen LogP contribution in [0.5, 0.6) is 0 Å². The molecule has 0 unspecified atom stereocenters. The van der Waals surface area contributed by atoms with Gasteiger partial charge in [-0.05, 0) is 35.4 Å². The lowest BCUT2D eigenvalue weighted by molar-refractivity contribution is -0.192. The van der Waals surface area contributed by atoms with Crippen molar-refractivity contribution in [3.8, 4) is 11.1 Å². The summed E-state index contributed by atoms with van der Waals surface area (Å²) in [6.07, 6.45) is -5.08. The summed E-state index contributed by atoms with van der Waals surface area (Å²) in [5.41, 5.74) is 2.78. The number of aliphatic carboxylic acids is 1. The second kappa shape index (κ2) is 9.27. The van der Waals surface area contributed by atoms with Gasteiger partial charge >= 0.3 is 18.1 Å². The van der Waals surface area contributed by atoms with E-state index in [1.54, 1.807) is 11.9 Å². The molecule has 158 valence electrons. The fraction of sp³-hybridized carbons (Fsp3) is 0.111. The number of anilines is 2. The lowest BCUT2D eigenvalue weighted by Crippen LogP contribution is -2.21. The number of carboxylic acids is 2. The Morgan fingerprint density at radius 2 is 1.43 bits per heavy atom. The molecule has 3 aromatic rings. The van der Waals surface area contributed by atoms with Crippen molar-refractivity contribution in [3.63, 3.8) is 0 Å². The average Bonchev–Trinajstić information content (AvgIpc) is 3.18. The van der Waals surface area contributed by atoms with Gasteiger partial charge in [0, 0.05) is 17.8 Å². The second-order valence-electron chi connectivity index (χ2n) is 5.72. The third-order valence-electron chi connectivity index (χ3n) is 3.72. The van der Waals surface area contributed by atoms with Gasteiger partial charge in [0.05, 0.1) is 0 Å². The van der Waals surface area contributed by atoms with Crippen molar-refractivity contribution in [2.45, 2.75) is 6.18 Å². The minimum atomic E-state index is -5.08. The van der Waals surface area contributed by atoms with E-state index >= 15 is 0 Å². The highest BCUT2D eigenvalue weighted by molar-refractivity contribution is 6.30. The third kappa shape index (κ3) is 5.70. The maximum Gasteiger partial charge on any atom is 0.490 e. The Hall–Kier alpha value is -3.60. The van der Waals surface area contributed by atoms with E-state index in [-0.39, 0.29) is 11.5 Å². The smallest absolute Gasteiger partial charge is 0.476 e. The van der Waals surface area contributed by atoms with Crippen LogP contribution in [0.1, 0.15) is 10.5 Å². The predicted molar refractivity (Wildman–Crippen MR) is 102 cm³/mol. The van der Waals surface area contributed by atoms with Crippen molar-refractivity contribution in [3.05, 3.63) is 59.2 Å². The Kier molecular flexibility index (Phi) is 7.01. The standard InChI is InChI=1S/C16H13ClN4O2.C2HF3O2/c1-21(15-14(16(22)23)18-20-19-15)13-8-4-11(5-9-13)10-2-6-12(17)7-3-10;3-2(4,5)1(6)7/h2-9H,1H3,(H,22,23)(H,18,19,20);(H,6,7).